The second-order valence-corrected chi connectivity index (χ2v) is 4.64. The summed E-state index contributed by atoms with van der Waals surface area (Å²) in [6.07, 6.45) is 1.45. The minimum atomic E-state index is -1.30. The maximum atomic E-state index is 12.3. The minimum absolute atomic E-state index is 0.428. The van der Waals surface area contributed by atoms with Gasteiger partial charge in [-0.1, -0.05) is 29.3 Å². The smallest absolute Gasteiger partial charge is 0.329 e. The summed E-state index contributed by atoms with van der Waals surface area (Å²) in [6, 6.07) is 5.93. The summed E-state index contributed by atoms with van der Waals surface area (Å²) in [4.78, 5) is 39.6. The molecule has 1 fully saturated rings. The Hall–Kier alpha value is -2.90. The molecule has 1 aromatic rings. The van der Waals surface area contributed by atoms with Crippen LogP contribution in [0.25, 0.3) is 0 Å². The number of urea groups is 1. The van der Waals surface area contributed by atoms with E-state index in [-0.39, 0.29) is 0 Å². The van der Waals surface area contributed by atoms with Crippen LogP contribution >= 0.6 is 0 Å². The topological polar surface area (TPSA) is 114 Å². The fourth-order valence-electron chi connectivity index (χ4n) is 2.01. The van der Waals surface area contributed by atoms with Gasteiger partial charge in [-0.15, -0.1) is 0 Å². The second kappa shape index (κ2) is 5.23. The van der Waals surface area contributed by atoms with Gasteiger partial charge in [0.15, 0.2) is 0 Å². The van der Waals surface area contributed by atoms with Crippen molar-refractivity contribution in [1.82, 2.24) is 10.4 Å². The average Bonchev–Trinajstić information content (AvgIpc) is 2.64. The predicted molar refractivity (Wildman–Crippen MR) is 72.7 cm³/mol. The van der Waals surface area contributed by atoms with Crippen LogP contribution in [0.4, 0.5) is 4.79 Å². The summed E-state index contributed by atoms with van der Waals surface area (Å²) in [6.45, 7) is 2.64. The van der Waals surface area contributed by atoms with Crippen molar-refractivity contribution < 1.29 is 19.2 Å². The number of benzene rings is 1. The van der Waals surface area contributed by atoms with E-state index in [9.17, 15) is 14.4 Å². The third kappa shape index (κ3) is 2.55. The van der Waals surface area contributed by atoms with E-state index >= 15 is 0 Å². The molecule has 3 amide bonds. The van der Waals surface area contributed by atoms with E-state index in [1.54, 1.807) is 24.3 Å². The van der Waals surface area contributed by atoms with Crippen molar-refractivity contribution >= 4 is 24.1 Å². The van der Waals surface area contributed by atoms with E-state index in [0.717, 1.165) is 12.5 Å². The van der Waals surface area contributed by atoms with Gasteiger partial charge >= 0.3 is 12.0 Å². The molecule has 110 valence electrons. The molecule has 8 nitrogen and oxygen atoms in total. The van der Waals surface area contributed by atoms with Crippen LogP contribution in [0.2, 0.25) is 0 Å². The van der Waals surface area contributed by atoms with Gasteiger partial charge in [-0.3, -0.25) is 4.79 Å². The lowest BCUT2D eigenvalue weighted by atomic mass is 9.91. The third-order valence-corrected chi connectivity index (χ3v) is 3.09. The van der Waals surface area contributed by atoms with Gasteiger partial charge in [0.05, 0.1) is 6.21 Å². The Balaban J connectivity index is 2.32. The molecule has 1 atom stereocenters. The average molecular weight is 290 g/mol. The molecule has 0 aliphatic carbocycles. The lowest BCUT2D eigenvalue weighted by Crippen LogP contribution is -2.41. The SMILES string of the molecule is CC(=O)ON1C(=O)N[C@@](C)(c2ccc(C=NN)cc2)C1=O. The number of amides is 3. The van der Waals surface area contributed by atoms with Gasteiger partial charge in [0, 0.05) is 6.92 Å². The summed E-state index contributed by atoms with van der Waals surface area (Å²) in [7, 11) is 0. The largest absolute Gasteiger partial charge is 0.359 e. The summed E-state index contributed by atoms with van der Waals surface area (Å²) in [5, 5.41) is 6.33. The van der Waals surface area contributed by atoms with Crippen LogP contribution in [0, 0.1) is 0 Å². The standard InChI is InChI=1S/C13H14N4O4/c1-8(18)21-17-11(19)13(2,16-12(17)20)10-5-3-9(4-6-10)7-15-14/h3-7H,14H2,1-2H3,(H,16,20)/t13-/m0/s1. The van der Waals surface area contributed by atoms with Crippen LogP contribution in [0.5, 0.6) is 0 Å². The summed E-state index contributed by atoms with van der Waals surface area (Å²) >= 11 is 0. The number of carbonyl (C=O) groups excluding carboxylic acids is 3. The highest BCUT2D eigenvalue weighted by Crippen LogP contribution is 2.29. The number of nitrogens with one attached hydrogen (secondary N) is 1. The fourth-order valence-corrected chi connectivity index (χ4v) is 2.01. The van der Waals surface area contributed by atoms with Crippen LogP contribution in [0.3, 0.4) is 0 Å². The Bertz CT molecular complexity index is 626. The molecule has 0 bridgehead atoms. The van der Waals surface area contributed by atoms with E-state index in [0.29, 0.717) is 10.6 Å². The van der Waals surface area contributed by atoms with E-state index in [1.807, 2.05) is 0 Å². The number of nitrogens with zero attached hydrogens (tertiary/aromatic N) is 2. The quantitative estimate of drug-likeness (QED) is 0.358. The van der Waals surface area contributed by atoms with Crippen LogP contribution in [-0.2, 0) is 20.0 Å². The number of hydrazone groups is 1. The highest BCUT2D eigenvalue weighted by molar-refractivity contribution is 6.06. The molecule has 21 heavy (non-hydrogen) atoms. The Morgan fingerprint density at radius 1 is 1.38 bits per heavy atom. The molecule has 0 saturated carbocycles. The number of rotatable bonds is 3. The first-order chi connectivity index (χ1) is 9.88. The van der Waals surface area contributed by atoms with Crippen molar-refractivity contribution in [3.8, 4) is 0 Å². The highest BCUT2D eigenvalue weighted by atomic mass is 16.7. The fraction of sp³-hybridized carbons (Fsp3) is 0.231. The molecule has 3 N–H and O–H groups in total. The van der Waals surface area contributed by atoms with Crippen molar-refractivity contribution in [2.45, 2.75) is 19.4 Å². The van der Waals surface area contributed by atoms with E-state index in [2.05, 4.69) is 15.3 Å². The molecular weight excluding hydrogens is 276 g/mol. The predicted octanol–water partition coefficient (Wildman–Crippen LogP) is 0.224. The zero-order valence-corrected chi connectivity index (χ0v) is 11.5. The molecule has 0 unspecified atom stereocenters. The number of hydroxylamine groups is 2. The van der Waals surface area contributed by atoms with Crippen molar-refractivity contribution in [1.29, 1.82) is 0 Å². The van der Waals surface area contributed by atoms with Crippen LogP contribution in [0.15, 0.2) is 29.4 Å². The van der Waals surface area contributed by atoms with Crippen LogP contribution < -0.4 is 11.2 Å². The Morgan fingerprint density at radius 2 is 2.00 bits per heavy atom. The number of nitrogens with two attached hydrogens (primary N) is 1. The molecule has 1 aromatic carbocycles. The molecule has 1 saturated heterocycles. The van der Waals surface area contributed by atoms with E-state index in [1.165, 1.54) is 13.1 Å². The van der Waals surface area contributed by atoms with Crippen LogP contribution in [0.1, 0.15) is 25.0 Å². The zero-order chi connectivity index (χ0) is 15.6. The van der Waals surface area contributed by atoms with Crippen molar-refractivity contribution in [3.63, 3.8) is 0 Å². The van der Waals surface area contributed by atoms with Gasteiger partial charge in [-0.05, 0) is 18.1 Å². The molecule has 2 rings (SSSR count). The Kier molecular flexibility index (Phi) is 3.62. The number of hydrogen-bond donors (Lipinski definition) is 2. The van der Waals surface area contributed by atoms with Gasteiger partial charge in [0.1, 0.15) is 5.54 Å². The normalized spacial score (nSPS) is 21.7. The van der Waals surface area contributed by atoms with Crippen LogP contribution in [-0.4, -0.2) is 29.2 Å². The van der Waals surface area contributed by atoms with Gasteiger partial charge in [-0.25, -0.2) is 9.59 Å². The lowest BCUT2D eigenvalue weighted by Gasteiger charge is -2.21. The lowest BCUT2D eigenvalue weighted by molar-refractivity contribution is -0.182. The molecule has 8 heteroatoms. The summed E-state index contributed by atoms with van der Waals surface area (Å²) < 4.78 is 0. The molecule has 0 radical (unpaired) electrons. The molecule has 1 aliphatic heterocycles. The number of carbonyl (C=O) groups is 3. The van der Waals surface area contributed by atoms with Crippen molar-refractivity contribution in [3.05, 3.63) is 35.4 Å². The van der Waals surface area contributed by atoms with Gasteiger partial charge < -0.3 is 16.0 Å². The minimum Gasteiger partial charge on any atom is -0.329 e. The maximum Gasteiger partial charge on any atom is 0.359 e. The Labute approximate surface area is 120 Å². The van der Waals surface area contributed by atoms with Gasteiger partial charge in [0.2, 0.25) is 0 Å². The van der Waals surface area contributed by atoms with Gasteiger partial charge in [-0.2, -0.15) is 5.10 Å². The first-order valence-electron chi connectivity index (χ1n) is 6.07. The van der Waals surface area contributed by atoms with E-state index < -0.39 is 23.4 Å². The zero-order valence-electron chi connectivity index (χ0n) is 11.5. The molecule has 1 aliphatic rings. The monoisotopic (exact) mass is 290 g/mol. The second-order valence-electron chi connectivity index (χ2n) is 4.64. The first-order valence-corrected chi connectivity index (χ1v) is 6.07. The maximum absolute atomic E-state index is 12.3. The molecular formula is C13H14N4O4. The van der Waals surface area contributed by atoms with Crippen molar-refractivity contribution in [2.24, 2.45) is 10.9 Å². The number of imide groups is 1. The van der Waals surface area contributed by atoms with Gasteiger partial charge in [0.25, 0.3) is 5.91 Å². The number of hydrogen-bond acceptors (Lipinski definition) is 6. The Morgan fingerprint density at radius 3 is 2.52 bits per heavy atom. The molecule has 0 spiro atoms. The first kappa shape index (κ1) is 14.5. The summed E-state index contributed by atoms with van der Waals surface area (Å²) in [5.74, 6) is 3.64. The van der Waals surface area contributed by atoms with Crippen molar-refractivity contribution in [2.75, 3.05) is 0 Å². The molecule has 1 heterocycles. The van der Waals surface area contributed by atoms with E-state index in [4.69, 9.17) is 5.84 Å². The highest BCUT2D eigenvalue weighted by Gasteiger charge is 2.51. The summed E-state index contributed by atoms with van der Waals surface area (Å²) in [5.41, 5.74) is -0.00610. The third-order valence-electron chi connectivity index (χ3n) is 3.09. The molecule has 0 aromatic heterocycles.